The molecule has 1 saturated heterocycles. The average molecular weight is 209 g/mol. The van der Waals surface area contributed by atoms with Gasteiger partial charge in [0.25, 0.3) is 0 Å². The molecule has 0 aromatic carbocycles. The summed E-state index contributed by atoms with van der Waals surface area (Å²) in [4.78, 5) is 8.73. The van der Waals surface area contributed by atoms with Gasteiger partial charge in [-0.05, 0) is 31.2 Å². The van der Waals surface area contributed by atoms with E-state index >= 15 is 0 Å². The van der Waals surface area contributed by atoms with Gasteiger partial charge in [-0.25, -0.2) is 9.97 Å². The lowest BCUT2D eigenvalue weighted by Crippen LogP contribution is -2.08. The van der Waals surface area contributed by atoms with E-state index in [0.717, 1.165) is 12.2 Å². The van der Waals surface area contributed by atoms with E-state index in [2.05, 4.69) is 9.97 Å². The van der Waals surface area contributed by atoms with Crippen LogP contribution in [-0.2, 0) is 6.42 Å². The van der Waals surface area contributed by atoms with Gasteiger partial charge in [0.05, 0.1) is 5.69 Å². The Balaban J connectivity index is 2.12. The predicted octanol–water partition coefficient (Wildman–Crippen LogP) is 1.55. The highest BCUT2D eigenvalue weighted by Crippen LogP contribution is 2.38. The maximum absolute atomic E-state index is 5.48. The minimum atomic E-state index is 0.592. The van der Waals surface area contributed by atoms with Crippen LogP contribution in [0.2, 0.25) is 0 Å². The van der Waals surface area contributed by atoms with Crippen LogP contribution in [0.1, 0.15) is 29.6 Å². The fourth-order valence-electron chi connectivity index (χ4n) is 1.65. The Morgan fingerprint density at radius 2 is 2.50 bits per heavy atom. The molecule has 0 amide bonds. The van der Waals surface area contributed by atoms with Crippen molar-refractivity contribution < 1.29 is 0 Å². The molecular formula is C10H15N3S. The number of nitrogens with zero attached hydrogens (tertiary/aromatic N) is 2. The van der Waals surface area contributed by atoms with Crippen molar-refractivity contribution in [3.63, 3.8) is 0 Å². The van der Waals surface area contributed by atoms with Crippen molar-refractivity contribution in [3.8, 4) is 0 Å². The normalized spacial score (nSPS) is 21.4. The first-order chi connectivity index (χ1) is 6.90. The molecule has 1 aliphatic rings. The van der Waals surface area contributed by atoms with E-state index in [1.807, 2.05) is 24.0 Å². The quantitative estimate of drug-likeness (QED) is 0.820. The van der Waals surface area contributed by atoms with Crippen molar-refractivity contribution in [1.29, 1.82) is 0 Å². The molecule has 0 bridgehead atoms. The molecule has 2 N–H and O–H groups in total. The van der Waals surface area contributed by atoms with E-state index < -0.39 is 0 Å². The first kappa shape index (κ1) is 9.93. The Morgan fingerprint density at radius 3 is 3.21 bits per heavy atom. The van der Waals surface area contributed by atoms with Gasteiger partial charge in [-0.15, -0.1) is 0 Å². The Bertz CT molecular complexity index is 297. The summed E-state index contributed by atoms with van der Waals surface area (Å²) in [5, 5.41) is 0.592. The zero-order valence-corrected chi connectivity index (χ0v) is 8.96. The summed E-state index contributed by atoms with van der Waals surface area (Å²) in [6, 6.07) is 2.03. The second-order valence-corrected chi connectivity index (χ2v) is 4.75. The maximum atomic E-state index is 5.48. The Kier molecular flexibility index (Phi) is 3.37. The van der Waals surface area contributed by atoms with Crippen molar-refractivity contribution in [1.82, 2.24) is 9.97 Å². The van der Waals surface area contributed by atoms with Crippen molar-refractivity contribution in [2.45, 2.75) is 24.5 Å². The van der Waals surface area contributed by atoms with Crippen molar-refractivity contribution in [2.75, 3.05) is 12.3 Å². The summed E-state index contributed by atoms with van der Waals surface area (Å²) < 4.78 is 0. The van der Waals surface area contributed by atoms with Gasteiger partial charge in [-0.2, -0.15) is 11.8 Å². The number of hydrogen-bond donors (Lipinski definition) is 1. The summed E-state index contributed by atoms with van der Waals surface area (Å²) in [6.07, 6.45) is 5.20. The van der Waals surface area contributed by atoms with Gasteiger partial charge in [0, 0.05) is 17.9 Å². The van der Waals surface area contributed by atoms with Gasteiger partial charge < -0.3 is 5.73 Å². The Hall–Kier alpha value is -0.610. The third-order valence-electron chi connectivity index (χ3n) is 2.35. The number of rotatable bonds is 3. The molecule has 76 valence electrons. The van der Waals surface area contributed by atoms with E-state index in [9.17, 15) is 0 Å². The zero-order chi connectivity index (χ0) is 9.80. The van der Waals surface area contributed by atoms with Gasteiger partial charge in [0.1, 0.15) is 5.82 Å². The second kappa shape index (κ2) is 4.75. The predicted molar refractivity (Wildman–Crippen MR) is 59.2 cm³/mol. The van der Waals surface area contributed by atoms with Crippen LogP contribution in [0.5, 0.6) is 0 Å². The van der Waals surface area contributed by atoms with Gasteiger partial charge in [0.2, 0.25) is 0 Å². The molecule has 0 aliphatic carbocycles. The Labute approximate surface area is 88.5 Å². The van der Waals surface area contributed by atoms with Crippen LogP contribution in [-0.4, -0.2) is 22.3 Å². The minimum Gasteiger partial charge on any atom is -0.330 e. The molecule has 2 rings (SSSR count). The van der Waals surface area contributed by atoms with E-state index in [-0.39, 0.29) is 0 Å². The number of hydrogen-bond acceptors (Lipinski definition) is 4. The molecule has 4 heteroatoms. The molecule has 3 nitrogen and oxygen atoms in total. The van der Waals surface area contributed by atoms with Crippen LogP contribution < -0.4 is 5.73 Å². The third-order valence-corrected chi connectivity index (χ3v) is 3.76. The number of aromatic nitrogens is 2. The Morgan fingerprint density at radius 1 is 1.57 bits per heavy atom. The smallest absolute Gasteiger partial charge is 0.129 e. The molecule has 1 fully saturated rings. The summed E-state index contributed by atoms with van der Waals surface area (Å²) >= 11 is 2.00. The standard InChI is InChI=1S/C10H15N3S/c11-5-3-10-12-6-4-8(13-10)9-2-1-7-14-9/h4,6,9H,1-3,5,7,11H2. The van der Waals surface area contributed by atoms with Gasteiger partial charge in [-0.3, -0.25) is 0 Å². The topological polar surface area (TPSA) is 51.8 Å². The average Bonchev–Trinajstić information content (AvgIpc) is 2.71. The summed E-state index contributed by atoms with van der Waals surface area (Å²) in [5.74, 6) is 2.15. The maximum Gasteiger partial charge on any atom is 0.129 e. The molecule has 1 aromatic rings. The molecule has 14 heavy (non-hydrogen) atoms. The lowest BCUT2D eigenvalue weighted by Gasteiger charge is -2.08. The van der Waals surface area contributed by atoms with Crippen LogP contribution in [0, 0.1) is 0 Å². The van der Waals surface area contributed by atoms with E-state index in [1.54, 1.807) is 0 Å². The second-order valence-electron chi connectivity index (χ2n) is 3.44. The lowest BCUT2D eigenvalue weighted by atomic mass is 10.2. The minimum absolute atomic E-state index is 0.592. The van der Waals surface area contributed by atoms with E-state index in [0.29, 0.717) is 11.8 Å². The zero-order valence-electron chi connectivity index (χ0n) is 8.15. The van der Waals surface area contributed by atoms with E-state index in [1.165, 1.54) is 24.3 Å². The first-order valence-corrected chi connectivity index (χ1v) is 6.08. The van der Waals surface area contributed by atoms with Crippen LogP contribution >= 0.6 is 11.8 Å². The molecule has 0 saturated carbocycles. The van der Waals surface area contributed by atoms with Crippen molar-refractivity contribution in [3.05, 3.63) is 23.8 Å². The molecule has 0 radical (unpaired) electrons. The fourth-order valence-corrected chi connectivity index (χ4v) is 2.91. The van der Waals surface area contributed by atoms with Crippen molar-refractivity contribution >= 4 is 11.8 Å². The molecule has 1 atom stereocenters. The van der Waals surface area contributed by atoms with Crippen LogP contribution in [0.25, 0.3) is 0 Å². The fraction of sp³-hybridized carbons (Fsp3) is 0.600. The molecule has 1 aliphatic heterocycles. The monoisotopic (exact) mass is 209 g/mol. The number of thioether (sulfide) groups is 1. The van der Waals surface area contributed by atoms with Crippen molar-refractivity contribution in [2.24, 2.45) is 5.73 Å². The molecule has 1 aromatic heterocycles. The first-order valence-electron chi connectivity index (χ1n) is 5.03. The molecule has 1 unspecified atom stereocenters. The highest BCUT2D eigenvalue weighted by Gasteiger charge is 2.18. The summed E-state index contributed by atoms with van der Waals surface area (Å²) in [5.41, 5.74) is 6.66. The number of nitrogens with two attached hydrogens (primary N) is 1. The lowest BCUT2D eigenvalue weighted by molar-refractivity contribution is 0.776. The van der Waals surface area contributed by atoms with Gasteiger partial charge in [0.15, 0.2) is 0 Å². The van der Waals surface area contributed by atoms with Gasteiger partial charge >= 0.3 is 0 Å². The van der Waals surface area contributed by atoms with Crippen LogP contribution in [0.4, 0.5) is 0 Å². The van der Waals surface area contributed by atoms with Crippen LogP contribution in [0.15, 0.2) is 12.3 Å². The summed E-state index contributed by atoms with van der Waals surface area (Å²) in [6.45, 7) is 0.626. The van der Waals surface area contributed by atoms with Crippen LogP contribution in [0.3, 0.4) is 0 Å². The van der Waals surface area contributed by atoms with E-state index in [4.69, 9.17) is 5.73 Å². The molecule has 0 spiro atoms. The highest BCUT2D eigenvalue weighted by molar-refractivity contribution is 7.99. The third kappa shape index (κ3) is 2.25. The highest BCUT2D eigenvalue weighted by atomic mass is 32.2. The summed E-state index contributed by atoms with van der Waals surface area (Å²) in [7, 11) is 0. The van der Waals surface area contributed by atoms with Gasteiger partial charge in [-0.1, -0.05) is 0 Å². The largest absolute Gasteiger partial charge is 0.330 e. The SMILES string of the molecule is NCCc1nccc(C2CCCS2)n1. The molecular weight excluding hydrogens is 194 g/mol. The molecule has 2 heterocycles.